The number of hydrogen-bond donors (Lipinski definition) is 1. The van der Waals surface area contributed by atoms with Crippen LogP contribution in [0.25, 0.3) is 10.9 Å². The molecule has 0 saturated heterocycles. The molecule has 72 valence electrons. The van der Waals surface area contributed by atoms with Crippen molar-refractivity contribution in [3.63, 3.8) is 0 Å². The molecular formula is C9H4BrClFNO. The number of pyridine rings is 1. The molecule has 0 aliphatic heterocycles. The van der Waals surface area contributed by atoms with Crippen LogP contribution in [-0.2, 0) is 0 Å². The minimum atomic E-state index is -0.587. The molecule has 1 aromatic carbocycles. The van der Waals surface area contributed by atoms with E-state index in [0.717, 1.165) is 0 Å². The van der Waals surface area contributed by atoms with E-state index in [1.807, 2.05) is 0 Å². The van der Waals surface area contributed by atoms with Crippen molar-refractivity contribution in [2.24, 2.45) is 0 Å². The van der Waals surface area contributed by atoms with Crippen LogP contribution >= 0.6 is 27.5 Å². The van der Waals surface area contributed by atoms with E-state index in [9.17, 15) is 4.39 Å². The van der Waals surface area contributed by atoms with Gasteiger partial charge in [0.1, 0.15) is 11.3 Å². The van der Waals surface area contributed by atoms with Crippen LogP contribution in [0.2, 0.25) is 5.02 Å². The van der Waals surface area contributed by atoms with Crippen molar-refractivity contribution in [3.8, 4) is 5.75 Å². The van der Waals surface area contributed by atoms with Crippen LogP contribution in [0.3, 0.4) is 0 Å². The van der Waals surface area contributed by atoms with Gasteiger partial charge in [0.15, 0.2) is 5.82 Å². The first-order valence-electron chi connectivity index (χ1n) is 3.72. The zero-order chi connectivity index (χ0) is 10.3. The molecule has 0 aliphatic carbocycles. The SMILES string of the molecule is Oc1cnc2c(F)c(Cl)c(Br)cc2c1. The maximum Gasteiger partial charge on any atom is 0.169 e. The smallest absolute Gasteiger partial charge is 0.169 e. The first-order chi connectivity index (χ1) is 6.59. The first kappa shape index (κ1) is 9.68. The average Bonchev–Trinajstić information content (AvgIpc) is 2.14. The van der Waals surface area contributed by atoms with E-state index in [-0.39, 0.29) is 16.3 Å². The summed E-state index contributed by atoms with van der Waals surface area (Å²) >= 11 is 8.78. The molecule has 0 unspecified atom stereocenters. The molecule has 0 spiro atoms. The van der Waals surface area contributed by atoms with Gasteiger partial charge in [-0.15, -0.1) is 0 Å². The Balaban J connectivity index is 2.91. The van der Waals surface area contributed by atoms with Gasteiger partial charge in [0.25, 0.3) is 0 Å². The molecule has 0 radical (unpaired) electrons. The van der Waals surface area contributed by atoms with Crippen LogP contribution in [0.4, 0.5) is 4.39 Å². The molecule has 2 aromatic rings. The minimum absolute atomic E-state index is 0.00399. The third kappa shape index (κ3) is 1.44. The maximum absolute atomic E-state index is 13.5. The van der Waals surface area contributed by atoms with Crippen LogP contribution in [0, 0.1) is 5.82 Å². The van der Waals surface area contributed by atoms with E-state index in [1.165, 1.54) is 12.3 Å². The largest absolute Gasteiger partial charge is 0.506 e. The molecule has 1 heterocycles. The molecule has 1 N–H and O–H groups in total. The van der Waals surface area contributed by atoms with Gasteiger partial charge in [0.05, 0.1) is 11.2 Å². The van der Waals surface area contributed by atoms with Gasteiger partial charge in [-0.1, -0.05) is 11.6 Å². The van der Waals surface area contributed by atoms with E-state index in [0.29, 0.717) is 9.86 Å². The third-order valence-corrected chi connectivity index (χ3v) is 3.02. The van der Waals surface area contributed by atoms with Crippen molar-refractivity contribution in [1.82, 2.24) is 4.98 Å². The highest BCUT2D eigenvalue weighted by atomic mass is 79.9. The lowest BCUT2D eigenvalue weighted by molar-refractivity contribution is 0.473. The summed E-state index contributed by atoms with van der Waals surface area (Å²) in [5.41, 5.74) is 0.149. The number of aromatic hydroxyl groups is 1. The van der Waals surface area contributed by atoms with Gasteiger partial charge in [-0.2, -0.15) is 0 Å². The zero-order valence-electron chi connectivity index (χ0n) is 6.76. The van der Waals surface area contributed by atoms with Crippen molar-refractivity contribution < 1.29 is 9.50 Å². The van der Waals surface area contributed by atoms with Gasteiger partial charge < -0.3 is 5.11 Å². The van der Waals surface area contributed by atoms with Gasteiger partial charge >= 0.3 is 0 Å². The Morgan fingerprint density at radius 1 is 1.43 bits per heavy atom. The molecule has 0 bridgehead atoms. The normalized spacial score (nSPS) is 10.8. The van der Waals surface area contributed by atoms with E-state index in [1.54, 1.807) is 6.07 Å². The summed E-state index contributed by atoms with van der Waals surface area (Å²) in [4.78, 5) is 3.75. The van der Waals surface area contributed by atoms with Crippen molar-refractivity contribution in [2.45, 2.75) is 0 Å². The number of rotatable bonds is 0. The lowest BCUT2D eigenvalue weighted by Gasteiger charge is -2.03. The van der Waals surface area contributed by atoms with E-state index < -0.39 is 5.82 Å². The Morgan fingerprint density at radius 2 is 2.14 bits per heavy atom. The summed E-state index contributed by atoms with van der Waals surface area (Å²) in [5.74, 6) is -0.595. The number of hydrogen-bond acceptors (Lipinski definition) is 2. The molecule has 14 heavy (non-hydrogen) atoms. The highest BCUT2D eigenvalue weighted by Gasteiger charge is 2.11. The summed E-state index contributed by atoms with van der Waals surface area (Å²) in [5, 5.41) is 9.64. The molecule has 5 heteroatoms. The van der Waals surface area contributed by atoms with E-state index in [2.05, 4.69) is 20.9 Å². The van der Waals surface area contributed by atoms with Gasteiger partial charge in [-0.3, -0.25) is 0 Å². The van der Waals surface area contributed by atoms with Gasteiger partial charge in [-0.05, 0) is 28.1 Å². The molecule has 0 saturated carbocycles. The number of halogens is 3. The Morgan fingerprint density at radius 3 is 2.86 bits per heavy atom. The predicted molar refractivity (Wildman–Crippen MR) is 56.1 cm³/mol. The van der Waals surface area contributed by atoms with Crippen LogP contribution in [0.1, 0.15) is 0 Å². The van der Waals surface area contributed by atoms with Gasteiger partial charge in [0, 0.05) is 9.86 Å². The molecule has 2 nitrogen and oxygen atoms in total. The number of benzene rings is 1. The topological polar surface area (TPSA) is 33.1 Å². The summed E-state index contributed by atoms with van der Waals surface area (Å²) in [6, 6.07) is 3.03. The van der Waals surface area contributed by atoms with Crippen LogP contribution in [0.5, 0.6) is 5.75 Å². The summed E-state index contributed by atoms with van der Waals surface area (Å²) in [6.07, 6.45) is 1.18. The standard InChI is InChI=1S/C9H4BrClFNO/c10-6-2-4-1-5(14)3-13-9(4)8(12)7(6)11/h1-3,14H. The fraction of sp³-hybridized carbons (Fsp3) is 0. The maximum atomic E-state index is 13.5. The lowest BCUT2D eigenvalue weighted by atomic mass is 10.2. The highest BCUT2D eigenvalue weighted by Crippen LogP contribution is 2.32. The predicted octanol–water partition coefficient (Wildman–Crippen LogP) is 3.50. The summed E-state index contributed by atoms with van der Waals surface area (Å²) < 4.78 is 13.9. The van der Waals surface area contributed by atoms with Crippen LogP contribution < -0.4 is 0 Å². The Bertz CT molecular complexity index is 518. The molecule has 0 fully saturated rings. The summed E-state index contributed by atoms with van der Waals surface area (Å²) in [7, 11) is 0. The van der Waals surface area contributed by atoms with Crippen LogP contribution in [0.15, 0.2) is 22.8 Å². The second kappa shape index (κ2) is 3.37. The summed E-state index contributed by atoms with van der Waals surface area (Å²) in [6.45, 7) is 0. The number of fused-ring (bicyclic) bond motifs is 1. The van der Waals surface area contributed by atoms with E-state index in [4.69, 9.17) is 16.7 Å². The molecule has 0 amide bonds. The number of aromatic nitrogens is 1. The van der Waals surface area contributed by atoms with Crippen molar-refractivity contribution in [1.29, 1.82) is 0 Å². The third-order valence-electron chi connectivity index (χ3n) is 1.80. The molecule has 0 aliphatic rings. The molecule has 2 rings (SSSR count). The first-order valence-corrected chi connectivity index (χ1v) is 4.89. The van der Waals surface area contributed by atoms with Gasteiger partial charge in [0.2, 0.25) is 0 Å². The molecule has 1 aromatic heterocycles. The van der Waals surface area contributed by atoms with Crippen molar-refractivity contribution in [2.75, 3.05) is 0 Å². The monoisotopic (exact) mass is 275 g/mol. The highest BCUT2D eigenvalue weighted by molar-refractivity contribution is 9.10. The minimum Gasteiger partial charge on any atom is -0.506 e. The van der Waals surface area contributed by atoms with Crippen molar-refractivity contribution >= 4 is 38.4 Å². The van der Waals surface area contributed by atoms with Gasteiger partial charge in [-0.25, -0.2) is 9.37 Å². The molecular weight excluding hydrogens is 272 g/mol. The quantitative estimate of drug-likeness (QED) is 0.747. The fourth-order valence-corrected chi connectivity index (χ4v) is 1.74. The zero-order valence-corrected chi connectivity index (χ0v) is 9.10. The van der Waals surface area contributed by atoms with E-state index >= 15 is 0 Å². The number of nitrogens with zero attached hydrogens (tertiary/aromatic N) is 1. The van der Waals surface area contributed by atoms with Crippen LogP contribution in [-0.4, -0.2) is 10.1 Å². The Kier molecular flexibility index (Phi) is 2.33. The second-order valence-electron chi connectivity index (χ2n) is 2.75. The Hall–Kier alpha value is -0.870. The fourth-order valence-electron chi connectivity index (χ4n) is 1.17. The Labute approximate surface area is 92.5 Å². The molecule has 0 atom stereocenters. The second-order valence-corrected chi connectivity index (χ2v) is 3.98. The lowest BCUT2D eigenvalue weighted by Crippen LogP contribution is -1.86. The average molecular weight is 276 g/mol. The van der Waals surface area contributed by atoms with Crippen molar-refractivity contribution in [3.05, 3.63) is 33.6 Å².